The Hall–Kier alpha value is -2.78. The number of benzene rings is 1. The van der Waals surface area contributed by atoms with Gasteiger partial charge in [0.15, 0.2) is 5.82 Å². The lowest BCUT2D eigenvalue weighted by Crippen LogP contribution is -2.44. The van der Waals surface area contributed by atoms with Gasteiger partial charge in [0.1, 0.15) is 6.10 Å². The number of aliphatic hydroxyl groups is 1. The van der Waals surface area contributed by atoms with E-state index in [0.717, 1.165) is 36.8 Å². The number of rotatable bonds is 6. The van der Waals surface area contributed by atoms with Crippen molar-refractivity contribution in [2.75, 3.05) is 38.8 Å². The highest BCUT2D eigenvalue weighted by atomic mass is 16.5. The molecule has 0 unspecified atom stereocenters. The summed E-state index contributed by atoms with van der Waals surface area (Å²) in [6, 6.07) is 7.97. The Morgan fingerprint density at radius 3 is 2.52 bits per heavy atom. The first kappa shape index (κ1) is 23.4. The maximum atomic E-state index is 12.3. The topological polar surface area (TPSA) is 101 Å². The van der Waals surface area contributed by atoms with Gasteiger partial charge in [-0.1, -0.05) is 24.3 Å². The average molecular weight is 456 g/mol. The smallest absolute Gasteiger partial charge is 0.322 e. The van der Waals surface area contributed by atoms with Crippen molar-refractivity contribution < 1.29 is 19.4 Å². The second kappa shape index (κ2) is 10.4. The second-order valence-electron chi connectivity index (χ2n) is 9.04. The number of nitrogens with zero attached hydrogens (tertiary/aromatic N) is 5. The molecule has 1 atom stereocenters. The number of morpholine rings is 1. The predicted octanol–water partition coefficient (Wildman–Crippen LogP) is 2.28. The maximum absolute atomic E-state index is 12.3. The fraction of sp³-hybridized carbons (Fsp3) is 0.583. The van der Waals surface area contributed by atoms with E-state index in [1.165, 1.54) is 0 Å². The average Bonchev–Trinajstić information content (AvgIpc) is 2.84. The van der Waals surface area contributed by atoms with E-state index in [4.69, 9.17) is 14.5 Å². The highest BCUT2D eigenvalue weighted by molar-refractivity contribution is 5.78. The van der Waals surface area contributed by atoms with E-state index in [-0.39, 0.29) is 30.6 Å². The van der Waals surface area contributed by atoms with Crippen LogP contribution in [0, 0.1) is 5.92 Å². The number of carbonyl (C=O) groups is 1. The molecule has 0 bridgehead atoms. The Morgan fingerprint density at radius 2 is 1.88 bits per heavy atom. The number of anilines is 1. The van der Waals surface area contributed by atoms with Gasteiger partial charge in [0.2, 0.25) is 11.9 Å². The van der Waals surface area contributed by atoms with Crippen LogP contribution in [0.3, 0.4) is 0 Å². The summed E-state index contributed by atoms with van der Waals surface area (Å²) in [7, 11) is 3.61. The second-order valence-corrected chi connectivity index (χ2v) is 9.04. The molecule has 2 aromatic rings. The van der Waals surface area contributed by atoms with Crippen molar-refractivity contribution in [2.45, 2.75) is 51.4 Å². The fourth-order valence-corrected chi connectivity index (χ4v) is 4.38. The lowest BCUT2D eigenvalue weighted by Gasteiger charge is -2.33. The zero-order valence-corrected chi connectivity index (χ0v) is 19.6. The standard InChI is InChI=1S/C24H33N5O4/c1-16-15-32-13-12-29(16)23-25-21(18-6-4-17(14-30)5-7-18)26-24(27-23)33-20-10-8-19(9-11-20)22(31)28(2)3/h4-7,16,19-20,30H,8-15H2,1-3H3/t16-,19-,20-/m0/s1. The zero-order valence-electron chi connectivity index (χ0n) is 19.6. The SMILES string of the molecule is C[C@H]1COCCN1c1nc(O[C@H]2CC[C@H](C(=O)N(C)C)CC2)nc(-c2ccc(CO)cc2)n1. The van der Waals surface area contributed by atoms with E-state index >= 15 is 0 Å². The molecule has 9 nitrogen and oxygen atoms in total. The van der Waals surface area contributed by atoms with E-state index < -0.39 is 0 Å². The van der Waals surface area contributed by atoms with E-state index in [9.17, 15) is 9.90 Å². The highest BCUT2D eigenvalue weighted by Crippen LogP contribution is 2.29. The molecule has 33 heavy (non-hydrogen) atoms. The summed E-state index contributed by atoms with van der Waals surface area (Å²) in [6.07, 6.45) is 3.16. The molecule has 9 heteroatoms. The van der Waals surface area contributed by atoms with Gasteiger partial charge in [-0.15, -0.1) is 0 Å². The van der Waals surface area contributed by atoms with Crippen LogP contribution < -0.4 is 9.64 Å². The van der Waals surface area contributed by atoms with Crippen molar-refractivity contribution in [3.8, 4) is 17.4 Å². The van der Waals surface area contributed by atoms with Gasteiger partial charge in [-0.25, -0.2) is 0 Å². The van der Waals surface area contributed by atoms with Gasteiger partial charge in [-0.2, -0.15) is 15.0 Å². The Kier molecular flexibility index (Phi) is 7.39. The molecule has 1 saturated heterocycles. The highest BCUT2D eigenvalue weighted by Gasteiger charge is 2.29. The van der Waals surface area contributed by atoms with Gasteiger partial charge >= 0.3 is 6.01 Å². The first-order valence-electron chi connectivity index (χ1n) is 11.6. The van der Waals surface area contributed by atoms with Crippen molar-refractivity contribution in [3.63, 3.8) is 0 Å². The molecule has 1 aliphatic carbocycles. The quantitative estimate of drug-likeness (QED) is 0.708. The Morgan fingerprint density at radius 1 is 1.15 bits per heavy atom. The van der Waals surface area contributed by atoms with E-state index in [0.29, 0.717) is 37.5 Å². The summed E-state index contributed by atoms with van der Waals surface area (Å²) in [5, 5.41) is 9.35. The first-order chi connectivity index (χ1) is 15.9. The third-order valence-corrected chi connectivity index (χ3v) is 6.36. The van der Waals surface area contributed by atoms with Gasteiger partial charge in [0, 0.05) is 32.1 Å². The van der Waals surface area contributed by atoms with Crippen LogP contribution in [0.25, 0.3) is 11.4 Å². The summed E-state index contributed by atoms with van der Waals surface area (Å²) in [5.41, 5.74) is 1.66. The lowest BCUT2D eigenvalue weighted by atomic mass is 9.86. The molecule has 0 radical (unpaired) electrons. The first-order valence-corrected chi connectivity index (χ1v) is 11.6. The van der Waals surface area contributed by atoms with Crippen LogP contribution in [0.5, 0.6) is 6.01 Å². The van der Waals surface area contributed by atoms with Gasteiger partial charge in [-0.3, -0.25) is 4.79 Å². The molecular weight excluding hydrogens is 422 g/mol. The normalized spacial score (nSPS) is 23.3. The minimum atomic E-state index is -0.0295. The largest absolute Gasteiger partial charge is 0.460 e. The zero-order chi connectivity index (χ0) is 23.4. The molecule has 0 spiro atoms. The molecule has 1 aromatic heterocycles. The molecule has 1 saturated carbocycles. The van der Waals surface area contributed by atoms with Gasteiger partial charge in [-0.05, 0) is 38.2 Å². The number of aliphatic hydroxyl groups excluding tert-OH is 1. The number of hydrogen-bond donors (Lipinski definition) is 1. The Labute approximate surface area is 194 Å². The van der Waals surface area contributed by atoms with Crippen LogP contribution >= 0.6 is 0 Å². The van der Waals surface area contributed by atoms with Crippen molar-refractivity contribution in [1.82, 2.24) is 19.9 Å². The van der Waals surface area contributed by atoms with E-state index in [1.54, 1.807) is 19.0 Å². The van der Waals surface area contributed by atoms with Crippen LogP contribution in [-0.2, 0) is 16.1 Å². The van der Waals surface area contributed by atoms with Crippen molar-refractivity contribution >= 4 is 11.9 Å². The third kappa shape index (κ3) is 5.59. The molecule has 1 aliphatic heterocycles. The van der Waals surface area contributed by atoms with Gasteiger partial charge in [0.25, 0.3) is 0 Å². The molecule has 2 aliphatic rings. The summed E-state index contributed by atoms with van der Waals surface area (Å²) in [6.45, 7) is 4.01. The number of amides is 1. The third-order valence-electron chi connectivity index (χ3n) is 6.36. The molecular formula is C24H33N5O4. The van der Waals surface area contributed by atoms with Crippen LogP contribution in [0.2, 0.25) is 0 Å². The molecule has 1 N–H and O–H groups in total. The number of carbonyl (C=O) groups excluding carboxylic acids is 1. The van der Waals surface area contributed by atoms with Crippen LogP contribution in [0.1, 0.15) is 38.2 Å². The van der Waals surface area contributed by atoms with Crippen molar-refractivity contribution in [2.24, 2.45) is 5.92 Å². The fourth-order valence-electron chi connectivity index (χ4n) is 4.38. The Balaban J connectivity index is 1.56. The minimum Gasteiger partial charge on any atom is -0.460 e. The van der Waals surface area contributed by atoms with Crippen molar-refractivity contribution in [3.05, 3.63) is 29.8 Å². The number of aromatic nitrogens is 3. The van der Waals surface area contributed by atoms with Gasteiger partial charge < -0.3 is 24.4 Å². The van der Waals surface area contributed by atoms with Crippen LogP contribution in [-0.4, -0.2) is 76.9 Å². The maximum Gasteiger partial charge on any atom is 0.322 e. The minimum absolute atomic E-state index is 0.0125. The molecule has 2 fully saturated rings. The predicted molar refractivity (Wildman–Crippen MR) is 124 cm³/mol. The van der Waals surface area contributed by atoms with Crippen LogP contribution in [0.15, 0.2) is 24.3 Å². The van der Waals surface area contributed by atoms with Crippen molar-refractivity contribution in [1.29, 1.82) is 0 Å². The molecule has 1 aromatic carbocycles. The summed E-state index contributed by atoms with van der Waals surface area (Å²) in [5.74, 6) is 1.36. The monoisotopic (exact) mass is 455 g/mol. The summed E-state index contributed by atoms with van der Waals surface area (Å²) < 4.78 is 11.8. The molecule has 4 rings (SSSR count). The number of ether oxygens (including phenoxy) is 2. The summed E-state index contributed by atoms with van der Waals surface area (Å²) in [4.78, 5) is 30.1. The molecule has 178 valence electrons. The molecule has 2 heterocycles. The van der Waals surface area contributed by atoms with Crippen LogP contribution in [0.4, 0.5) is 5.95 Å². The molecule has 1 amide bonds. The summed E-state index contributed by atoms with van der Waals surface area (Å²) >= 11 is 0. The lowest BCUT2D eigenvalue weighted by molar-refractivity contribution is -0.134. The van der Waals surface area contributed by atoms with Gasteiger partial charge in [0.05, 0.1) is 25.9 Å². The Bertz CT molecular complexity index is 944. The van der Waals surface area contributed by atoms with E-state index in [1.807, 2.05) is 24.3 Å². The van der Waals surface area contributed by atoms with E-state index in [2.05, 4.69) is 21.8 Å². The number of hydrogen-bond acceptors (Lipinski definition) is 8.